The fourth-order valence-electron chi connectivity index (χ4n) is 3.06. The lowest BCUT2D eigenvalue weighted by molar-refractivity contribution is 0.238. The summed E-state index contributed by atoms with van der Waals surface area (Å²) >= 11 is 0. The number of nitrogens with zero attached hydrogens (tertiary/aromatic N) is 2. The molecule has 1 N–H and O–H groups in total. The first-order valence-electron chi connectivity index (χ1n) is 6.79. The molecule has 0 aliphatic carbocycles. The first-order valence-corrected chi connectivity index (χ1v) is 6.79. The second kappa shape index (κ2) is 4.94. The van der Waals surface area contributed by atoms with Crippen LogP contribution in [0.25, 0.3) is 10.9 Å². The molecule has 0 radical (unpaired) electrons. The highest BCUT2D eigenvalue weighted by molar-refractivity contribution is 5.84. The second-order valence-electron chi connectivity index (χ2n) is 5.52. The van der Waals surface area contributed by atoms with Crippen molar-refractivity contribution < 1.29 is 4.39 Å². The quantitative estimate of drug-likeness (QED) is 0.889. The number of benzene rings is 1. The van der Waals surface area contributed by atoms with Crippen molar-refractivity contribution in [3.05, 3.63) is 35.8 Å². The van der Waals surface area contributed by atoms with Crippen molar-refractivity contribution in [1.29, 1.82) is 0 Å². The van der Waals surface area contributed by atoms with Crippen LogP contribution in [-0.4, -0.2) is 42.2 Å². The van der Waals surface area contributed by atoms with Crippen LogP contribution in [0.3, 0.4) is 0 Å². The molecule has 4 heteroatoms. The molecule has 0 amide bonds. The molecule has 2 aromatic rings. The molecule has 19 heavy (non-hydrogen) atoms. The monoisotopic (exact) mass is 261 g/mol. The lowest BCUT2D eigenvalue weighted by Crippen LogP contribution is -2.49. The number of rotatable bonds is 2. The number of fused-ring (bicyclic) bond motifs is 1. The summed E-state index contributed by atoms with van der Waals surface area (Å²) in [6, 6.07) is 5.79. The summed E-state index contributed by atoms with van der Waals surface area (Å²) in [6.45, 7) is 3.17. The molecule has 102 valence electrons. The summed E-state index contributed by atoms with van der Waals surface area (Å²) in [5.74, 6) is -0.139. The van der Waals surface area contributed by atoms with Gasteiger partial charge in [0.2, 0.25) is 0 Å². The molecule has 1 atom stereocenters. The van der Waals surface area contributed by atoms with Crippen molar-refractivity contribution in [2.75, 3.05) is 26.7 Å². The molecule has 0 spiro atoms. The Morgan fingerprint density at radius 2 is 2.21 bits per heavy atom. The Morgan fingerprint density at radius 1 is 1.37 bits per heavy atom. The Hall–Kier alpha value is -1.39. The number of aromatic nitrogens is 1. The highest BCUT2D eigenvalue weighted by atomic mass is 19.1. The van der Waals surface area contributed by atoms with Gasteiger partial charge in [-0.3, -0.25) is 0 Å². The van der Waals surface area contributed by atoms with Crippen LogP contribution in [0.1, 0.15) is 5.56 Å². The maximum Gasteiger partial charge on any atom is 0.147 e. The zero-order valence-electron chi connectivity index (χ0n) is 11.5. The lowest BCUT2D eigenvalue weighted by atomic mass is 10.0. The fraction of sp³-hybridized carbons (Fsp3) is 0.467. The maximum atomic E-state index is 13.9. The van der Waals surface area contributed by atoms with Crippen LogP contribution in [-0.2, 0) is 13.5 Å². The van der Waals surface area contributed by atoms with Crippen LogP contribution in [0.5, 0.6) is 0 Å². The Morgan fingerprint density at radius 3 is 3.00 bits per heavy atom. The molecule has 3 rings (SSSR count). The van der Waals surface area contributed by atoms with Gasteiger partial charge in [0.25, 0.3) is 0 Å². The number of hydrogen-bond donors (Lipinski definition) is 1. The minimum atomic E-state index is -0.139. The van der Waals surface area contributed by atoms with Crippen LogP contribution >= 0.6 is 0 Å². The minimum absolute atomic E-state index is 0.139. The van der Waals surface area contributed by atoms with Crippen molar-refractivity contribution >= 4 is 10.9 Å². The van der Waals surface area contributed by atoms with E-state index in [1.54, 1.807) is 6.07 Å². The summed E-state index contributed by atoms with van der Waals surface area (Å²) in [4.78, 5) is 2.34. The van der Waals surface area contributed by atoms with Crippen molar-refractivity contribution in [1.82, 2.24) is 14.8 Å². The minimum Gasteiger partial charge on any atom is -0.348 e. The van der Waals surface area contributed by atoms with Gasteiger partial charge in [-0.2, -0.15) is 0 Å². The maximum absolute atomic E-state index is 13.9. The van der Waals surface area contributed by atoms with Gasteiger partial charge in [0.1, 0.15) is 5.82 Å². The number of nitrogens with one attached hydrogen (secondary N) is 1. The predicted octanol–water partition coefficient (Wildman–Crippen LogP) is 1.76. The first-order chi connectivity index (χ1) is 9.15. The van der Waals surface area contributed by atoms with E-state index in [1.807, 2.05) is 17.7 Å². The third-order valence-electron chi connectivity index (χ3n) is 3.96. The van der Waals surface area contributed by atoms with E-state index < -0.39 is 0 Å². The van der Waals surface area contributed by atoms with Crippen LogP contribution < -0.4 is 5.32 Å². The van der Waals surface area contributed by atoms with Gasteiger partial charge in [-0.25, -0.2) is 4.39 Å². The number of halogens is 1. The zero-order valence-corrected chi connectivity index (χ0v) is 11.5. The molecule has 1 fully saturated rings. The molecule has 0 bridgehead atoms. The number of likely N-dealkylation sites (N-methyl/N-ethyl adjacent to an activating group) is 1. The number of para-hydroxylation sites is 1. The van der Waals surface area contributed by atoms with Crippen LogP contribution in [0, 0.1) is 5.82 Å². The average Bonchev–Trinajstić information content (AvgIpc) is 2.68. The highest BCUT2D eigenvalue weighted by Crippen LogP contribution is 2.24. The van der Waals surface area contributed by atoms with E-state index >= 15 is 0 Å². The summed E-state index contributed by atoms with van der Waals surface area (Å²) in [7, 11) is 4.06. The number of aryl methyl sites for hydroxylation is 1. The standard InChI is InChI=1S/C15H20FN3/c1-18-7-6-17-12(10-18)8-11-9-19(2)15-13(11)4-3-5-14(15)16/h3-5,9,12,17H,6-8,10H2,1-2H3. The summed E-state index contributed by atoms with van der Waals surface area (Å²) in [5.41, 5.74) is 1.94. The molecular weight excluding hydrogens is 241 g/mol. The van der Waals surface area contributed by atoms with Crippen LogP contribution in [0.4, 0.5) is 4.39 Å². The third kappa shape index (κ3) is 2.38. The Kier molecular flexibility index (Phi) is 3.29. The largest absolute Gasteiger partial charge is 0.348 e. The number of piperazine rings is 1. The Bertz CT molecular complexity index is 590. The molecule has 1 unspecified atom stereocenters. The zero-order chi connectivity index (χ0) is 13.4. The summed E-state index contributed by atoms with van der Waals surface area (Å²) < 4.78 is 15.8. The van der Waals surface area contributed by atoms with E-state index in [0.717, 1.165) is 31.4 Å². The summed E-state index contributed by atoms with van der Waals surface area (Å²) in [6.07, 6.45) is 3.01. The van der Waals surface area contributed by atoms with E-state index in [2.05, 4.69) is 23.5 Å². The van der Waals surface area contributed by atoms with E-state index in [1.165, 1.54) is 11.6 Å². The van der Waals surface area contributed by atoms with Gasteiger partial charge in [0.05, 0.1) is 5.52 Å². The van der Waals surface area contributed by atoms with Gasteiger partial charge in [0.15, 0.2) is 0 Å². The summed E-state index contributed by atoms with van der Waals surface area (Å²) in [5, 5.41) is 4.58. The van der Waals surface area contributed by atoms with E-state index in [0.29, 0.717) is 11.6 Å². The van der Waals surface area contributed by atoms with E-state index in [4.69, 9.17) is 0 Å². The Balaban J connectivity index is 1.91. The van der Waals surface area contributed by atoms with Crippen LogP contribution in [0.15, 0.2) is 24.4 Å². The van der Waals surface area contributed by atoms with Gasteiger partial charge >= 0.3 is 0 Å². The van der Waals surface area contributed by atoms with Crippen LogP contribution in [0.2, 0.25) is 0 Å². The molecule has 1 aromatic carbocycles. The smallest absolute Gasteiger partial charge is 0.147 e. The van der Waals surface area contributed by atoms with Crippen molar-refractivity contribution in [2.45, 2.75) is 12.5 Å². The molecule has 1 saturated heterocycles. The molecule has 3 nitrogen and oxygen atoms in total. The molecule has 1 aliphatic rings. The fourth-order valence-corrected chi connectivity index (χ4v) is 3.06. The van der Waals surface area contributed by atoms with E-state index in [9.17, 15) is 4.39 Å². The first kappa shape index (κ1) is 12.6. The van der Waals surface area contributed by atoms with Crippen molar-refractivity contribution in [3.63, 3.8) is 0 Å². The third-order valence-corrected chi connectivity index (χ3v) is 3.96. The van der Waals surface area contributed by atoms with Gasteiger partial charge < -0.3 is 14.8 Å². The molecule has 1 aliphatic heterocycles. The lowest BCUT2D eigenvalue weighted by Gasteiger charge is -2.30. The number of hydrogen-bond acceptors (Lipinski definition) is 2. The van der Waals surface area contributed by atoms with Gasteiger partial charge in [0, 0.05) is 44.3 Å². The second-order valence-corrected chi connectivity index (χ2v) is 5.52. The highest BCUT2D eigenvalue weighted by Gasteiger charge is 2.19. The van der Waals surface area contributed by atoms with Crippen molar-refractivity contribution in [3.8, 4) is 0 Å². The predicted molar refractivity (Wildman–Crippen MR) is 75.9 cm³/mol. The van der Waals surface area contributed by atoms with Gasteiger partial charge in [-0.15, -0.1) is 0 Å². The Labute approximate surface area is 113 Å². The average molecular weight is 261 g/mol. The molecule has 2 heterocycles. The normalized spacial score (nSPS) is 21.1. The molecular formula is C15H20FN3. The SMILES string of the molecule is CN1CCNC(Cc2cn(C)c3c(F)cccc23)C1. The van der Waals surface area contributed by atoms with E-state index in [-0.39, 0.29) is 5.82 Å². The van der Waals surface area contributed by atoms with Gasteiger partial charge in [-0.05, 0) is 25.1 Å². The topological polar surface area (TPSA) is 20.2 Å². The van der Waals surface area contributed by atoms with Crippen molar-refractivity contribution in [2.24, 2.45) is 7.05 Å². The molecule has 1 aromatic heterocycles. The molecule has 0 saturated carbocycles. The van der Waals surface area contributed by atoms with Gasteiger partial charge in [-0.1, -0.05) is 12.1 Å².